The van der Waals surface area contributed by atoms with Gasteiger partial charge in [0.05, 0.1) is 51.2 Å². The Morgan fingerprint density at radius 1 is 0.765 bits per heavy atom. The average Bonchev–Trinajstić information content (AvgIpc) is 4.23. The minimum absolute atomic E-state index is 0.00896. The molecule has 4 aromatic heterocycles. The lowest BCUT2D eigenvalue weighted by Crippen LogP contribution is -2.51. The summed E-state index contributed by atoms with van der Waals surface area (Å²) in [6.07, 6.45) is 4.99. The number of benzene rings is 4. The smallest absolute Gasteiger partial charge is 0.407 e. The molecule has 0 aliphatic carbocycles. The van der Waals surface area contributed by atoms with E-state index in [1.54, 1.807) is 27.6 Å². The van der Waals surface area contributed by atoms with Crippen LogP contribution in [0.1, 0.15) is 71.2 Å². The topological polar surface area (TPSA) is 165 Å². The minimum atomic E-state index is -0.726. The highest BCUT2D eigenvalue weighted by Gasteiger charge is 2.36. The summed E-state index contributed by atoms with van der Waals surface area (Å²) in [6.45, 7) is 10.3. The zero-order valence-corrected chi connectivity index (χ0v) is 40.7. The van der Waals surface area contributed by atoms with Crippen LogP contribution >= 0.6 is 22.7 Å². The fourth-order valence-corrected chi connectivity index (χ4v) is 11.1. The standard InChI is InChI=1S/C45H44N8O5S2.C6H6.C2H6/c1-24(2)39(51-45(57)58-4)44(56)53-18-6-8-37(53)43-48-33-16-14-29(20-35(33)50-43)31-23-60-40-30(22-59-41(31)40)27-11-9-26(10-12-27)28-13-15-32-34(19-28)49-42(47-32)36-7-5-17-52(36)38(55)21-46-25(3)54;1-2-4-6-5-3-1;1-2/h6,8-16,19-20,22-24,36-37,39H,5,7,17-18,21H2,1-4H3,(H,46,54)(H,47,49)(H,48,50)(H,51,57);1-6H;1-2H3. The Labute approximate surface area is 403 Å². The largest absolute Gasteiger partial charge is 0.453 e. The molecule has 1 saturated heterocycles. The molecule has 2 aliphatic rings. The number of carbonyl (C=O) groups excluding carboxylic acids is 4. The summed E-state index contributed by atoms with van der Waals surface area (Å²) in [5.41, 5.74) is 10.2. The SMILES string of the molecule is CC.COC(=O)NC(C(=O)N1CC=CC1c1nc2ccc(-c3csc4c(-c5ccc(-c6ccc7nc(C8CCCN8C(=O)CNC(C)=O)[nH]c7c6)cc5)csc34)cc2[nH]1)C(C)C.c1ccccc1. The van der Waals surface area contributed by atoms with Crippen molar-refractivity contribution in [1.29, 1.82) is 0 Å². The van der Waals surface area contributed by atoms with Crippen LogP contribution in [-0.4, -0.2) is 86.3 Å². The molecule has 8 aromatic rings. The van der Waals surface area contributed by atoms with Crippen LogP contribution < -0.4 is 10.6 Å². The van der Waals surface area contributed by atoms with Crippen LogP contribution in [-0.2, 0) is 19.1 Å². The molecule has 4 N–H and O–H groups in total. The van der Waals surface area contributed by atoms with Crippen molar-refractivity contribution in [2.75, 3.05) is 26.7 Å². The molecular weight excluding hydrogens is 893 g/mol. The molecule has 0 saturated carbocycles. The summed E-state index contributed by atoms with van der Waals surface area (Å²) in [6, 6.07) is 31.9. The number of carbonyl (C=O) groups is 4. The summed E-state index contributed by atoms with van der Waals surface area (Å²) in [5.74, 6) is 0.793. The number of aromatic amines is 2. The lowest BCUT2D eigenvalue weighted by atomic mass is 10.0. The number of nitrogens with one attached hydrogen (secondary N) is 4. The third-order valence-electron chi connectivity index (χ3n) is 12.1. The highest BCUT2D eigenvalue weighted by Crippen LogP contribution is 2.45. The monoisotopic (exact) mass is 948 g/mol. The number of imidazole rings is 2. The Morgan fingerprint density at radius 2 is 1.32 bits per heavy atom. The number of fused-ring (bicyclic) bond motifs is 3. The van der Waals surface area contributed by atoms with Gasteiger partial charge in [-0.05, 0) is 65.3 Å². The van der Waals surface area contributed by atoms with Crippen molar-refractivity contribution < 1.29 is 23.9 Å². The van der Waals surface area contributed by atoms with E-state index in [0.29, 0.717) is 18.9 Å². The number of nitrogens with zero attached hydrogens (tertiary/aromatic N) is 4. The number of hydrogen-bond acceptors (Lipinski definition) is 9. The van der Waals surface area contributed by atoms with Crippen LogP contribution in [0.4, 0.5) is 4.79 Å². The molecule has 13 nitrogen and oxygen atoms in total. The van der Waals surface area contributed by atoms with E-state index in [2.05, 4.69) is 79.9 Å². The summed E-state index contributed by atoms with van der Waals surface area (Å²) in [7, 11) is 1.29. The van der Waals surface area contributed by atoms with E-state index >= 15 is 0 Å². The van der Waals surface area contributed by atoms with E-state index in [0.717, 1.165) is 68.6 Å². The number of hydrogen-bond donors (Lipinski definition) is 4. The predicted octanol–water partition coefficient (Wildman–Crippen LogP) is 11.0. The first-order chi connectivity index (χ1) is 33.1. The number of likely N-dealkylation sites (tertiary alicyclic amines) is 1. The van der Waals surface area contributed by atoms with Gasteiger partial charge in [-0.15, -0.1) is 22.7 Å². The van der Waals surface area contributed by atoms with Gasteiger partial charge >= 0.3 is 6.09 Å². The molecule has 6 heterocycles. The Kier molecular flexibility index (Phi) is 14.8. The lowest BCUT2D eigenvalue weighted by Gasteiger charge is -2.29. The Bertz CT molecular complexity index is 3050. The summed E-state index contributed by atoms with van der Waals surface area (Å²) in [4.78, 5) is 70.1. The molecule has 2 aliphatic heterocycles. The first-order valence-corrected chi connectivity index (χ1v) is 24.8. The van der Waals surface area contributed by atoms with Crippen molar-refractivity contribution in [1.82, 2.24) is 40.4 Å². The van der Waals surface area contributed by atoms with E-state index in [9.17, 15) is 19.2 Å². The van der Waals surface area contributed by atoms with Gasteiger partial charge in [-0.25, -0.2) is 14.8 Å². The fourth-order valence-electron chi connectivity index (χ4n) is 8.67. The highest BCUT2D eigenvalue weighted by molar-refractivity contribution is 7.27. The summed E-state index contributed by atoms with van der Waals surface area (Å²) >= 11 is 3.48. The van der Waals surface area contributed by atoms with Crippen LogP contribution in [0.3, 0.4) is 0 Å². The minimum Gasteiger partial charge on any atom is -0.453 e. The molecule has 3 atom stereocenters. The van der Waals surface area contributed by atoms with Crippen LogP contribution in [0.15, 0.2) is 120 Å². The zero-order chi connectivity index (χ0) is 47.9. The fraction of sp³-hybridized carbons (Fsp3) is 0.283. The molecule has 4 amide bonds. The highest BCUT2D eigenvalue weighted by atomic mass is 32.1. The molecule has 3 unspecified atom stereocenters. The maximum atomic E-state index is 13.6. The molecule has 350 valence electrons. The van der Waals surface area contributed by atoms with Crippen molar-refractivity contribution in [3.8, 4) is 33.4 Å². The van der Waals surface area contributed by atoms with Crippen molar-refractivity contribution in [2.24, 2.45) is 5.92 Å². The summed E-state index contributed by atoms with van der Waals surface area (Å²) < 4.78 is 7.24. The molecule has 4 aromatic carbocycles. The Balaban J connectivity index is 0.000000718. The first-order valence-electron chi connectivity index (χ1n) is 23.0. The van der Waals surface area contributed by atoms with E-state index in [1.165, 1.54) is 29.0 Å². The van der Waals surface area contributed by atoms with Crippen LogP contribution in [0, 0.1) is 5.92 Å². The molecule has 0 spiro atoms. The van der Waals surface area contributed by atoms with E-state index in [1.807, 2.05) is 93.3 Å². The number of aromatic nitrogens is 4. The number of ether oxygens (including phenoxy) is 1. The quantitative estimate of drug-likeness (QED) is 0.0991. The van der Waals surface area contributed by atoms with Crippen LogP contribution in [0.2, 0.25) is 0 Å². The van der Waals surface area contributed by atoms with Gasteiger partial charge in [0, 0.05) is 41.9 Å². The molecule has 15 heteroatoms. The van der Waals surface area contributed by atoms with Crippen molar-refractivity contribution in [2.45, 2.75) is 65.6 Å². The van der Waals surface area contributed by atoms with Gasteiger partial charge in [0.2, 0.25) is 17.7 Å². The van der Waals surface area contributed by atoms with Crippen molar-refractivity contribution in [3.05, 3.63) is 132 Å². The van der Waals surface area contributed by atoms with Gasteiger partial charge in [-0.1, -0.05) is 113 Å². The van der Waals surface area contributed by atoms with Gasteiger partial charge in [-0.2, -0.15) is 0 Å². The van der Waals surface area contributed by atoms with E-state index < -0.39 is 12.1 Å². The molecule has 0 radical (unpaired) electrons. The first kappa shape index (κ1) is 47.4. The number of methoxy groups -OCH3 is 1. The van der Waals surface area contributed by atoms with E-state index in [4.69, 9.17) is 14.7 Å². The van der Waals surface area contributed by atoms with Gasteiger partial charge < -0.3 is 35.1 Å². The van der Waals surface area contributed by atoms with Crippen molar-refractivity contribution >= 4 is 78.0 Å². The van der Waals surface area contributed by atoms with Gasteiger partial charge in [0.1, 0.15) is 23.7 Å². The number of amides is 4. The number of thiophene rings is 2. The third kappa shape index (κ3) is 10.1. The molecule has 1 fully saturated rings. The molecular formula is C53H56N8O5S2. The van der Waals surface area contributed by atoms with Crippen LogP contribution in [0.25, 0.3) is 64.8 Å². The Hall–Kier alpha value is -7.10. The molecule has 10 rings (SSSR count). The summed E-state index contributed by atoms with van der Waals surface area (Å²) in [5, 5.41) is 9.76. The number of rotatable bonds is 10. The van der Waals surface area contributed by atoms with Crippen LogP contribution in [0.5, 0.6) is 0 Å². The van der Waals surface area contributed by atoms with Gasteiger partial charge in [0.15, 0.2) is 0 Å². The van der Waals surface area contributed by atoms with Crippen molar-refractivity contribution in [3.63, 3.8) is 0 Å². The Morgan fingerprint density at radius 3 is 1.94 bits per heavy atom. The molecule has 0 bridgehead atoms. The normalized spacial score (nSPS) is 15.8. The number of H-pyrrole nitrogens is 2. The number of alkyl carbamates (subject to hydrolysis) is 1. The molecule has 68 heavy (non-hydrogen) atoms. The second kappa shape index (κ2) is 21.2. The average molecular weight is 949 g/mol. The maximum absolute atomic E-state index is 13.6. The van der Waals surface area contributed by atoms with Gasteiger partial charge in [0.25, 0.3) is 0 Å². The second-order valence-electron chi connectivity index (χ2n) is 16.8. The predicted molar refractivity (Wildman–Crippen MR) is 273 cm³/mol. The van der Waals surface area contributed by atoms with E-state index in [-0.39, 0.29) is 42.3 Å². The maximum Gasteiger partial charge on any atom is 0.407 e. The lowest BCUT2D eigenvalue weighted by molar-refractivity contribution is -0.135. The van der Waals surface area contributed by atoms with Gasteiger partial charge in [-0.3, -0.25) is 14.4 Å². The second-order valence-corrected chi connectivity index (χ2v) is 18.5. The zero-order valence-electron chi connectivity index (χ0n) is 39.0. The third-order valence-corrected chi connectivity index (χ3v) is 14.2.